The summed E-state index contributed by atoms with van der Waals surface area (Å²) in [7, 11) is 0. The number of aliphatic hydroxyl groups is 1. The molecule has 5 nitrogen and oxygen atoms in total. The van der Waals surface area contributed by atoms with Gasteiger partial charge in [-0.3, -0.25) is 0 Å². The standard InChI is InChI=1S/C21H24N4O/c1-13-10-15(11-19(13)26)25-9-8-17-20(22-12-23-21(17)25)24-18-7-6-14-4-2-3-5-16(14)18/h2-5,8-9,12-13,15,18-19,26H,6-7,10-11H2,1H3,(H,22,23,24)/t13-,15-,18+,19+/m1/s1. The third kappa shape index (κ3) is 2.50. The van der Waals surface area contributed by atoms with E-state index in [1.54, 1.807) is 6.33 Å². The minimum absolute atomic E-state index is 0.216. The summed E-state index contributed by atoms with van der Waals surface area (Å²) in [5.74, 6) is 1.24. The van der Waals surface area contributed by atoms with Crippen LogP contribution in [-0.4, -0.2) is 25.7 Å². The predicted octanol–water partition coefficient (Wildman–Crippen LogP) is 3.86. The Kier molecular flexibility index (Phi) is 3.71. The van der Waals surface area contributed by atoms with Gasteiger partial charge in [0, 0.05) is 12.2 Å². The lowest BCUT2D eigenvalue weighted by Gasteiger charge is -2.16. The molecule has 0 bridgehead atoms. The highest BCUT2D eigenvalue weighted by Crippen LogP contribution is 2.38. The zero-order valence-corrected chi connectivity index (χ0v) is 15.0. The Bertz CT molecular complexity index is 940. The molecule has 2 heterocycles. The topological polar surface area (TPSA) is 63.0 Å². The number of aromatic nitrogens is 3. The number of anilines is 1. The highest BCUT2D eigenvalue weighted by Gasteiger charge is 2.32. The van der Waals surface area contributed by atoms with Crippen LogP contribution in [0, 0.1) is 5.92 Å². The SMILES string of the molecule is C[C@@H]1C[C@@H](n2ccc3c(N[C@H]4CCc5ccccc54)ncnc32)C[C@@H]1O. The summed E-state index contributed by atoms with van der Waals surface area (Å²) in [5, 5.41) is 14.8. The Hall–Kier alpha value is -2.40. The van der Waals surface area contributed by atoms with Crippen molar-refractivity contribution < 1.29 is 5.11 Å². The molecule has 2 N–H and O–H groups in total. The van der Waals surface area contributed by atoms with Crippen LogP contribution in [0.15, 0.2) is 42.9 Å². The summed E-state index contributed by atoms with van der Waals surface area (Å²) in [6.45, 7) is 2.12. The van der Waals surface area contributed by atoms with E-state index in [0.29, 0.717) is 18.0 Å². The van der Waals surface area contributed by atoms with Gasteiger partial charge in [0.1, 0.15) is 17.8 Å². The second-order valence-corrected chi connectivity index (χ2v) is 7.79. The average Bonchev–Trinajstić information content (AvgIpc) is 3.34. The van der Waals surface area contributed by atoms with Crippen molar-refractivity contribution >= 4 is 16.9 Å². The predicted molar refractivity (Wildman–Crippen MR) is 102 cm³/mol. The molecule has 2 aliphatic carbocycles. The summed E-state index contributed by atoms with van der Waals surface area (Å²) in [6, 6.07) is 11.4. The van der Waals surface area contributed by atoms with Gasteiger partial charge in [-0.1, -0.05) is 31.2 Å². The summed E-state index contributed by atoms with van der Waals surface area (Å²) in [6.07, 6.45) is 7.53. The Morgan fingerprint density at radius 2 is 2.04 bits per heavy atom. The van der Waals surface area contributed by atoms with Crippen LogP contribution in [0.4, 0.5) is 5.82 Å². The Morgan fingerprint density at radius 1 is 1.15 bits per heavy atom. The highest BCUT2D eigenvalue weighted by atomic mass is 16.3. The van der Waals surface area contributed by atoms with E-state index in [1.165, 1.54) is 11.1 Å². The van der Waals surface area contributed by atoms with Gasteiger partial charge in [-0.2, -0.15) is 0 Å². The molecule has 1 aromatic carbocycles. The summed E-state index contributed by atoms with van der Waals surface area (Å²) in [5.41, 5.74) is 3.77. The number of nitrogens with one attached hydrogen (secondary N) is 1. The van der Waals surface area contributed by atoms with Gasteiger partial charge in [-0.05, 0) is 48.8 Å². The third-order valence-electron chi connectivity index (χ3n) is 6.16. The van der Waals surface area contributed by atoms with E-state index in [1.807, 2.05) is 0 Å². The van der Waals surface area contributed by atoms with Crippen molar-refractivity contribution in [3.63, 3.8) is 0 Å². The van der Waals surface area contributed by atoms with Gasteiger partial charge >= 0.3 is 0 Å². The van der Waals surface area contributed by atoms with E-state index in [0.717, 1.165) is 42.5 Å². The smallest absolute Gasteiger partial charge is 0.145 e. The van der Waals surface area contributed by atoms with Crippen molar-refractivity contribution in [2.45, 2.75) is 50.8 Å². The lowest BCUT2D eigenvalue weighted by molar-refractivity contribution is 0.139. The van der Waals surface area contributed by atoms with E-state index in [2.05, 4.69) is 63.3 Å². The van der Waals surface area contributed by atoms with Crippen LogP contribution >= 0.6 is 0 Å². The molecule has 0 unspecified atom stereocenters. The molecule has 1 saturated carbocycles. The molecule has 5 rings (SSSR count). The van der Waals surface area contributed by atoms with Crippen LogP contribution < -0.4 is 5.32 Å². The van der Waals surface area contributed by atoms with Gasteiger partial charge in [0.25, 0.3) is 0 Å². The minimum Gasteiger partial charge on any atom is -0.393 e. The molecule has 2 aliphatic rings. The number of benzene rings is 1. The second kappa shape index (κ2) is 6.09. The minimum atomic E-state index is -0.216. The fourth-order valence-corrected chi connectivity index (χ4v) is 4.67. The van der Waals surface area contributed by atoms with E-state index in [9.17, 15) is 5.11 Å². The lowest BCUT2D eigenvalue weighted by atomic mass is 10.1. The first kappa shape index (κ1) is 15.8. The molecule has 0 amide bonds. The van der Waals surface area contributed by atoms with Crippen molar-refractivity contribution in [3.8, 4) is 0 Å². The maximum absolute atomic E-state index is 10.1. The normalized spacial score (nSPS) is 27.8. The number of aliphatic hydroxyl groups excluding tert-OH is 1. The largest absolute Gasteiger partial charge is 0.393 e. The van der Waals surface area contributed by atoms with Crippen molar-refractivity contribution in [1.82, 2.24) is 14.5 Å². The fraction of sp³-hybridized carbons (Fsp3) is 0.429. The van der Waals surface area contributed by atoms with Gasteiger partial charge in [0.15, 0.2) is 0 Å². The van der Waals surface area contributed by atoms with Gasteiger partial charge in [0.05, 0.1) is 17.5 Å². The summed E-state index contributed by atoms with van der Waals surface area (Å²) >= 11 is 0. The highest BCUT2D eigenvalue weighted by molar-refractivity contribution is 5.87. The van der Waals surface area contributed by atoms with E-state index in [-0.39, 0.29) is 6.10 Å². The van der Waals surface area contributed by atoms with Crippen molar-refractivity contribution in [3.05, 3.63) is 54.0 Å². The molecule has 0 saturated heterocycles. The first-order valence-corrected chi connectivity index (χ1v) is 9.54. The van der Waals surface area contributed by atoms with E-state index >= 15 is 0 Å². The molecule has 0 spiro atoms. The summed E-state index contributed by atoms with van der Waals surface area (Å²) in [4.78, 5) is 9.07. The maximum atomic E-state index is 10.1. The van der Waals surface area contributed by atoms with Gasteiger partial charge < -0.3 is 15.0 Å². The van der Waals surface area contributed by atoms with Crippen molar-refractivity contribution in [2.24, 2.45) is 5.92 Å². The van der Waals surface area contributed by atoms with Gasteiger partial charge in [-0.25, -0.2) is 9.97 Å². The molecule has 0 aliphatic heterocycles. The average molecular weight is 348 g/mol. The van der Waals surface area contributed by atoms with E-state index in [4.69, 9.17) is 0 Å². The zero-order valence-electron chi connectivity index (χ0n) is 15.0. The molecule has 4 atom stereocenters. The molecule has 0 radical (unpaired) electrons. The van der Waals surface area contributed by atoms with Crippen LogP contribution in [0.5, 0.6) is 0 Å². The Labute approximate surface area is 153 Å². The monoisotopic (exact) mass is 348 g/mol. The molecule has 2 aromatic heterocycles. The number of rotatable bonds is 3. The summed E-state index contributed by atoms with van der Waals surface area (Å²) < 4.78 is 2.22. The quantitative estimate of drug-likeness (QED) is 0.754. The number of nitrogens with zero attached hydrogens (tertiary/aromatic N) is 3. The first-order valence-electron chi connectivity index (χ1n) is 9.54. The Morgan fingerprint density at radius 3 is 2.88 bits per heavy atom. The fourth-order valence-electron chi connectivity index (χ4n) is 4.67. The zero-order chi connectivity index (χ0) is 17.7. The molecular weight excluding hydrogens is 324 g/mol. The third-order valence-corrected chi connectivity index (χ3v) is 6.16. The van der Waals surface area contributed by atoms with E-state index < -0.39 is 0 Å². The van der Waals surface area contributed by atoms with Gasteiger partial charge in [0.2, 0.25) is 0 Å². The van der Waals surface area contributed by atoms with Crippen LogP contribution in [-0.2, 0) is 6.42 Å². The molecular formula is C21H24N4O. The van der Waals surface area contributed by atoms with Crippen LogP contribution in [0.2, 0.25) is 0 Å². The molecule has 26 heavy (non-hydrogen) atoms. The van der Waals surface area contributed by atoms with Crippen molar-refractivity contribution in [1.29, 1.82) is 0 Å². The number of fused-ring (bicyclic) bond motifs is 2. The maximum Gasteiger partial charge on any atom is 0.145 e. The lowest BCUT2D eigenvalue weighted by Crippen LogP contribution is -2.10. The molecule has 3 aromatic rings. The molecule has 1 fully saturated rings. The van der Waals surface area contributed by atoms with Gasteiger partial charge in [-0.15, -0.1) is 0 Å². The number of hydrogen-bond donors (Lipinski definition) is 2. The van der Waals surface area contributed by atoms with Crippen LogP contribution in [0.3, 0.4) is 0 Å². The second-order valence-electron chi connectivity index (χ2n) is 7.79. The van der Waals surface area contributed by atoms with Crippen LogP contribution in [0.25, 0.3) is 11.0 Å². The Balaban J connectivity index is 1.47. The first-order chi connectivity index (χ1) is 12.7. The number of aryl methyl sites for hydroxylation is 1. The van der Waals surface area contributed by atoms with Crippen molar-refractivity contribution in [2.75, 3.05) is 5.32 Å². The molecule has 5 heteroatoms. The van der Waals surface area contributed by atoms with Crippen LogP contribution in [0.1, 0.15) is 49.4 Å². The number of hydrogen-bond acceptors (Lipinski definition) is 4. The molecule has 134 valence electrons.